The van der Waals surface area contributed by atoms with Crippen molar-refractivity contribution >= 4 is 17.8 Å². The smallest absolute Gasteiger partial charge is 0.407 e. The van der Waals surface area contributed by atoms with E-state index in [-0.39, 0.29) is 54.8 Å². The minimum atomic E-state index is -0.777. The van der Waals surface area contributed by atoms with Gasteiger partial charge in [0, 0.05) is 25.1 Å². The van der Waals surface area contributed by atoms with E-state index in [1.165, 1.54) is 0 Å². The molecule has 0 saturated heterocycles. The number of hydrogen-bond acceptors (Lipinski definition) is 9. The molecule has 1 atom stereocenters. The van der Waals surface area contributed by atoms with Crippen LogP contribution in [0.1, 0.15) is 78.4 Å². The van der Waals surface area contributed by atoms with E-state index in [0.29, 0.717) is 5.69 Å². The first-order chi connectivity index (χ1) is 15.5. The number of aliphatic hydroxyl groups is 1. The van der Waals surface area contributed by atoms with Crippen molar-refractivity contribution in [1.29, 1.82) is 0 Å². The summed E-state index contributed by atoms with van der Waals surface area (Å²) in [7, 11) is 0. The highest BCUT2D eigenvalue weighted by Crippen LogP contribution is 2.24. The molecule has 0 fully saturated rings. The molecule has 2 aromatic heterocycles. The Hall–Kier alpha value is -3.27. The number of nitrogens with zero attached hydrogens (tertiary/aromatic N) is 2. The zero-order chi connectivity index (χ0) is 24.6. The van der Waals surface area contributed by atoms with Crippen LogP contribution in [-0.4, -0.2) is 58.3 Å². The summed E-state index contributed by atoms with van der Waals surface area (Å²) in [6.07, 6.45) is -0.582. The highest BCUT2D eigenvalue weighted by atomic mass is 16.6. The van der Waals surface area contributed by atoms with E-state index in [2.05, 4.69) is 15.3 Å². The summed E-state index contributed by atoms with van der Waals surface area (Å²) in [4.78, 5) is 45.3. The van der Waals surface area contributed by atoms with Crippen molar-refractivity contribution in [2.75, 3.05) is 19.8 Å². The number of ether oxygens (including phenoxy) is 2. The van der Waals surface area contributed by atoms with Gasteiger partial charge in [-0.2, -0.15) is 0 Å². The van der Waals surface area contributed by atoms with Crippen LogP contribution in [0.4, 0.5) is 4.79 Å². The largest absolute Gasteiger partial charge is 0.461 e. The molecule has 0 aliphatic carbocycles. The fourth-order valence-corrected chi connectivity index (χ4v) is 2.92. The quantitative estimate of drug-likeness (QED) is 0.403. The lowest BCUT2D eigenvalue weighted by Crippen LogP contribution is -2.33. The summed E-state index contributed by atoms with van der Waals surface area (Å²) in [5, 5.41) is 12.5. The van der Waals surface area contributed by atoms with Crippen molar-refractivity contribution in [3.63, 3.8) is 0 Å². The molecule has 0 radical (unpaired) electrons. The summed E-state index contributed by atoms with van der Waals surface area (Å²) in [6.45, 7) is 8.51. The molecule has 33 heavy (non-hydrogen) atoms. The van der Waals surface area contributed by atoms with Crippen LogP contribution < -0.4 is 5.32 Å². The first kappa shape index (κ1) is 26.0. The van der Waals surface area contributed by atoms with Gasteiger partial charge >= 0.3 is 12.1 Å². The van der Waals surface area contributed by atoms with Gasteiger partial charge in [-0.25, -0.2) is 14.6 Å². The predicted molar refractivity (Wildman–Crippen MR) is 118 cm³/mol. The number of ketones is 1. The van der Waals surface area contributed by atoms with Gasteiger partial charge in [0.15, 0.2) is 11.5 Å². The third kappa shape index (κ3) is 7.98. The Kier molecular flexibility index (Phi) is 9.10. The number of aromatic nitrogens is 2. The van der Waals surface area contributed by atoms with Crippen molar-refractivity contribution in [2.24, 2.45) is 0 Å². The molecule has 180 valence electrons. The van der Waals surface area contributed by atoms with Crippen LogP contribution in [0.15, 0.2) is 22.6 Å². The summed E-state index contributed by atoms with van der Waals surface area (Å²) in [5.74, 6) is -1.54. The van der Waals surface area contributed by atoms with Crippen molar-refractivity contribution in [1.82, 2.24) is 15.3 Å². The molecule has 0 bridgehead atoms. The maximum atomic E-state index is 12.6. The lowest BCUT2D eigenvalue weighted by molar-refractivity contribution is 0.0515. The van der Waals surface area contributed by atoms with E-state index in [4.69, 9.17) is 13.9 Å². The number of alkyl carbamates (subject to hydrolysis) is 1. The number of oxazole rings is 1. The zero-order valence-electron chi connectivity index (χ0n) is 19.6. The molecule has 0 aliphatic heterocycles. The number of hydrogen-bond donors (Lipinski definition) is 2. The lowest BCUT2D eigenvalue weighted by Gasteiger charge is -2.19. The maximum Gasteiger partial charge on any atom is 0.407 e. The molecule has 10 heteroatoms. The third-order valence-electron chi connectivity index (χ3n) is 4.38. The SMILES string of the molecule is CCOC(=O)c1nc(C(CO)CC(=O)c2cccc(C)n2)oc1CCNC(=O)OC(C)(C)C. The highest BCUT2D eigenvalue weighted by Gasteiger charge is 2.27. The van der Waals surface area contributed by atoms with Gasteiger partial charge in [0.05, 0.1) is 19.1 Å². The average Bonchev–Trinajstić information content (AvgIpc) is 3.14. The molecule has 2 aromatic rings. The first-order valence-electron chi connectivity index (χ1n) is 10.7. The van der Waals surface area contributed by atoms with Crippen LogP contribution in [0, 0.1) is 6.92 Å². The second kappa shape index (κ2) is 11.6. The van der Waals surface area contributed by atoms with Crippen LogP contribution in [0.25, 0.3) is 0 Å². The van der Waals surface area contributed by atoms with Crippen LogP contribution in [-0.2, 0) is 15.9 Å². The Balaban J connectivity index is 2.17. The number of rotatable bonds is 10. The molecule has 2 heterocycles. The van der Waals surface area contributed by atoms with E-state index in [1.54, 1.807) is 52.8 Å². The second-order valence-electron chi connectivity index (χ2n) is 8.39. The Morgan fingerprint density at radius 1 is 1.21 bits per heavy atom. The van der Waals surface area contributed by atoms with Gasteiger partial charge < -0.3 is 24.3 Å². The molecule has 2 N–H and O–H groups in total. The van der Waals surface area contributed by atoms with Gasteiger partial charge in [-0.15, -0.1) is 0 Å². The Morgan fingerprint density at radius 2 is 1.94 bits per heavy atom. The second-order valence-corrected chi connectivity index (χ2v) is 8.39. The average molecular weight is 462 g/mol. The van der Waals surface area contributed by atoms with Gasteiger partial charge in [-0.3, -0.25) is 9.78 Å². The lowest BCUT2D eigenvalue weighted by atomic mass is 10.0. The first-order valence-corrected chi connectivity index (χ1v) is 10.7. The van der Waals surface area contributed by atoms with Gasteiger partial charge in [0.2, 0.25) is 5.89 Å². The molecule has 0 saturated carbocycles. The van der Waals surface area contributed by atoms with Gasteiger partial charge in [-0.1, -0.05) is 6.07 Å². The molecule has 0 spiro atoms. The van der Waals surface area contributed by atoms with Crippen molar-refractivity contribution in [3.05, 3.63) is 46.9 Å². The summed E-state index contributed by atoms with van der Waals surface area (Å²) in [5.41, 5.74) is 0.263. The van der Waals surface area contributed by atoms with Crippen molar-refractivity contribution in [2.45, 2.75) is 59.0 Å². The number of pyridine rings is 1. The summed E-state index contributed by atoms with van der Waals surface area (Å²) in [6, 6.07) is 5.10. The van der Waals surface area contributed by atoms with E-state index < -0.39 is 30.2 Å². The van der Waals surface area contributed by atoms with E-state index in [0.717, 1.165) is 0 Å². The van der Waals surface area contributed by atoms with Crippen LogP contribution in [0.2, 0.25) is 0 Å². The fourth-order valence-electron chi connectivity index (χ4n) is 2.92. The van der Waals surface area contributed by atoms with E-state index in [1.807, 2.05) is 0 Å². The van der Waals surface area contributed by atoms with E-state index >= 15 is 0 Å². The molecule has 10 nitrogen and oxygen atoms in total. The van der Waals surface area contributed by atoms with Gasteiger partial charge in [0.1, 0.15) is 17.1 Å². The number of carbonyl (C=O) groups excluding carboxylic acids is 3. The number of carbonyl (C=O) groups is 3. The predicted octanol–water partition coefficient (Wildman–Crippen LogP) is 2.97. The molecule has 2 rings (SSSR count). The van der Waals surface area contributed by atoms with Gasteiger partial charge in [-0.05, 0) is 46.8 Å². The Morgan fingerprint density at radius 3 is 2.55 bits per heavy atom. The summed E-state index contributed by atoms with van der Waals surface area (Å²) < 4.78 is 16.0. The zero-order valence-corrected chi connectivity index (χ0v) is 19.6. The number of esters is 1. The van der Waals surface area contributed by atoms with Crippen LogP contribution in [0.3, 0.4) is 0 Å². The Labute approximate surface area is 192 Å². The number of aryl methyl sites for hydroxylation is 1. The van der Waals surface area contributed by atoms with Crippen molar-refractivity contribution in [3.8, 4) is 0 Å². The minimum Gasteiger partial charge on any atom is -0.461 e. The van der Waals surface area contributed by atoms with Crippen LogP contribution >= 0.6 is 0 Å². The maximum absolute atomic E-state index is 12.6. The highest BCUT2D eigenvalue weighted by molar-refractivity contribution is 5.94. The van der Waals surface area contributed by atoms with Crippen molar-refractivity contribution < 1.29 is 33.4 Å². The number of nitrogens with one attached hydrogen (secondary N) is 1. The van der Waals surface area contributed by atoms with E-state index in [9.17, 15) is 19.5 Å². The van der Waals surface area contributed by atoms with Gasteiger partial charge in [0.25, 0.3) is 0 Å². The molecule has 0 aliphatic rings. The number of amides is 1. The monoisotopic (exact) mass is 461 g/mol. The molecule has 1 amide bonds. The fraction of sp³-hybridized carbons (Fsp3) is 0.522. The molecule has 1 unspecified atom stereocenters. The van der Waals surface area contributed by atoms with Crippen LogP contribution in [0.5, 0.6) is 0 Å². The summed E-state index contributed by atoms with van der Waals surface area (Å²) >= 11 is 0. The third-order valence-corrected chi connectivity index (χ3v) is 4.38. The standard InChI is InChI=1S/C23H31N3O7/c1-6-31-21(29)19-18(10-11-24-22(30)33-23(3,4)5)32-20(26-19)15(13-27)12-17(28)16-9-7-8-14(2)25-16/h7-9,15,27H,6,10-13H2,1-5H3,(H,24,30). The Bertz CT molecular complexity index is 979. The number of aliphatic hydroxyl groups excluding tert-OH is 1. The normalized spacial score (nSPS) is 12.2. The topological polar surface area (TPSA) is 141 Å². The molecule has 0 aromatic carbocycles. The molecular formula is C23H31N3O7. The minimum absolute atomic E-state index is 0.0359. The molecular weight excluding hydrogens is 430 g/mol. The number of Topliss-reactive ketones (excluding diaryl/α,β-unsaturated/α-hetero) is 1.